The number of rotatable bonds is 7. The van der Waals surface area contributed by atoms with Gasteiger partial charge in [0.15, 0.2) is 5.13 Å². The van der Waals surface area contributed by atoms with Crippen LogP contribution in [0.5, 0.6) is 5.75 Å². The normalized spacial score (nSPS) is 24.2. The zero-order valence-electron chi connectivity index (χ0n) is 18.6. The van der Waals surface area contributed by atoms with E-state index in [0.717, 1.165) is 59.6 Å². The van der Waals surface area contributed by atoms with Gasteiger partial charge >= 0.3 is 6.36 Å². The Labute approximate surface area is 212 Å². The molecule has 1 aromatic carbocycles. The molecule has 2 aromatic heterocycles. The van der Waals surface area contributed by atoms with E-state index < -0.39 is 6.36 Å². The molecule has 4 heterocycles. The molecule has 0 amide bonds. The van der Waals surface area contributed by atoms with E-state index in [0.29, 0.717) is 17.8 Å². The Kier molecular flexibility index (Phi) is 6.04. The van der Waals surface area contributed by atoms with Crippen molar-refractivity contribution in [3.05, 3.63) is 45.6 Å². The number of nitrogens with zero attached hydrogens (tertiary/aromatic N) is 3. The van der Waals surface area contributed by atoms with Gasteiger partial charge in [-0.1, -0.05) is 17.3 Å². The van der Waals surface area contributed by atoms with E-state index in [1.54, 1.807) is 23.5 Å². The quantitative estimate of drug-likeness (QED) is 0.303. The number of hydrogen-bond acceptors (Lipinski definition) is 7. The van der Waals surface area contributed by atoms with Gasteiger partial charge in [-0.2, -0.15) is 0 Å². The fraction of sp³-hybridized carbons (Fsp3) is 0.500. The van der Waals surface area contributed by atoms with E-state index in [4.69, 9.17) is 9.26 Å². The summed E-state index contributed by atoms with van der Waals surface area (Å²) < 4.78 is 56.2. The molecule has 2 saturated heterocycles. The molecular weight excluding hydrogens is 547 g/mol. The lowest BCUT2D eigenvalue weighted by atomic mass is 10.00. The van der Waals surface area contributed by atoms with Crippen molar-refractivity contribution >= 4 is 32.4 Å². The number of halogens is 4. The molecule has 1 saturated carbocycles. The number of hydrogen-bond donors (Lipinski definition) is 0. The average Bonchev–Trinajstić information content (AvgIpc) is 3.33. The maximum Gasteiger partial charge on any atom is 0.573 e. The van der Waals surface area contributed by atoms with E-state index in [1.165, 1.54) is 12.1 Å². The highest BCUT2D eigenvalue weighted by molar-refractivity contribution is 9.10. The average molecular weight is 570 g/mol. The van der Waals surface area contributed by atoms with E-state index in [1.807, 2.05) is 5.38 Å². The number of para-hydroxylation sites is 1. The second kappa shape index (κ2) is 9.08. The summed E-state index contributed by atoms with van der Waals surface area (Å²) in [5, 5.41) is 7.22. The van der Waals surface area contributed by atoms with Crippen LogP contribution in [-0.2, 0) is 11.3 Å². The number of thiazole rings is 1. The van der Waals surface area contributed by atoms with Crippen LogP contribution in [0, 0.1) is 0 Å². The number of piperidine rings is 1. The first-order chi connectivity index (χ1) is 16.9. The predicted molar refractivity (Wildman–Crippen MR) is 128 cm³/mol. The van der Waals surface area contributed by atoms with E-state index in [2.05, 4.69) is 35.7 Å². The number of fused-ring (bicyclic) bond motifs is 2. The van der Waals surface area contributed by atoms with Gasteiger partial charge in [0.1, 0.15) is 21.8 Å². The summed E-state index contributed by atoms with van der Waals surface area (Å²) in [6, 6.07) is 6.80. The molecule has 1 aliphatic carbocycles. The summed E-state index contributed by atoms with van der Waals surface area (Å²) in [5.41, 5.74) is 1.34. The molecule has 3 aromatic rings. The zero-order valence-corrected chi connectivity index (χ0v) is 21.0. The summed E-state index contributed by atoms with van der Waals surface area (Å²) in [6.45, 7) is 0.248. The standard InChI is InChI=1S/C24H23BrF3N3O3S/c25-20-12-35-23(29-20)31-14-7-8-15(31)10-16(9-14)32-11-18-21(30-34-22(18)13-5-6-13)17-3-1-2-4-19(17)33-24(26,27)28/h1-4,12-16H,5-11H2. The highest BCUT2D eigenvalue weighted by Gasteiger charge is 2.43. The van der Waals surface area contributed by atoms with Crippen LogP contribution in [0.25, 0.3) is 11.3 Å². The van der Waals surface area contributed by atoms with Crippen molar-refractivity contribution in [3.63, 3.8) is 0 Å². The maximum absolute atomic E-state index is 13.0. The van der Waals surface area contributed by atoms with Crippen LogP contribution in [0.3, 0.4) is 0 Å². The second-order valence-electron chi connectivity index (χ2n) is 9.34. The van der Waals surface area contributed by atoms with Gasteiger partial charge in [0.2, 0.25) is 0 Å². The first kappa shape index (κ1) is 23.3. The van der Waals surface area contributed by atoms with Crippen LogP contribution in [0.15, 0.2) is 38.8 Å². The molecule has 2 bridgehead atoms. The molecule has 6 nitrogen and oxygen atoms in total. The molecule has 2 unspecified atom stereocenters. The molecule has 2 aliphatic heterocycles. The van der Waals surface area contributed by atoms with Crippen molar-refractivity contribution in [3.8, 4) is 17.0 Å². The van der Waals surface area contributed by atoms with Crippen molar-refractivity contribution in [2.24, 2.45) is 0 Å². The number of ether oxygens (including phenoxy) is 2. The Balaban J connectivity index is 1.22. The summed E-state index contributed by atoms with van der Waals surface area (Å²) in [5.74, 6) is 0.666. The number of alkyl halides is 3. The minimum atomic E-state index is -4.80. The van der Waals surface area contributed by atoms with Gasteiger partial charge in [0, 0.05) is 34.5 Å². The molecule has 0 N–H and O–H groups in total. The van der Waals surface area contributed by atoms with E-state index in [9.17, 15) is 13.2 Å². The van der Waals surface area contributed by atoms with Crippen LogP contribution < -0.4 is 9.64 Å². The lowest BCUT2D eigenvalue weighted by molar-refractivity contribution is -0.274. The fourth-order valence-corrected chi connectivity index (χ4v) is 6.75. The highest BCUT2D eigenvalue weighted by atomic mass is 79.9. The molecule has 3 aliphatic rings. The molecule has 35 heavy (non-hydrogen) atoms. The Morgan fingerprint density at radius 3 is 2.51 bits per heavy atom. The third kappa shape index (κ3) is 4.82. The van der Waals surface area contributed by atoms with Crippen LogP contribution >= 0.6 is 27.3 Å². The van der Waals surface area contributed by atoms with Gasteiger partial charge in [0.25, 0.3) is 0 Å². The molecule has 6 rings (SSSR count). The lowest BCUT2D eigenvalue weighted by Gasteiger charge is -2.38. The fourth-order valence-electron chi connectivity index (χ4n) is 5.36. The number of aromatic nitrogens is 2. The molecular formula is C24H23BrF3N3O3S. The van der Waals surface area contributed by atoms with Gasteiger partial charge in [-0.25, -0.2) is 4.98 Å². The maximum atomic E-state index is 13.0. The molecule has 186 valence electrons. The smallest absolute Gasteiger partial charge is 0.405 e. The monoisotopic (exact) mass is 569 g/mol. The second-order valence-corrected chi connectivity index (χ2v) is 11.0. The summed E-state index contributed by atoms with van der Waals surface area (Å²) in [6.07, 6.45) is 1.22. The summed E-state index contributed by atoms with van der Waals surface area (Å²) >= 11 is 5.10. The summed E-state index contributed by atoms with van der Waals surface area (Å²) in [7, 11) is 0. The molecule has 0 radical (unpaired) electrons. The van der Waals surface area contributed by atoms with Gasteiger partial charge in [0.05, 0.1) is 12.7 Å². The van der Waals surface area contributed by atoms with Crippen molar-refractivity contribution in [2.45, 2.75) is 75.6 Å². The van der Waals surface area contributed by atoms with Crippen LogP contribution in [-0.4, -0.2) is 34.7 Å². The first-order valence-corrected chi connectivity index (χ1v) is 13.4. The van der Waals surface area contributed by atoms with Gasteiger partial charge < -0.3 is 18.9 Å². The number of benzene rings is 1. The third-order valence-electron chi connectivity index (χ3n) is 6.97. The van der Waals surface area contributed by atoms with Crippen LogP contribution in [0.1, 0.15) is 55.8 Å². The minimum absolute atomic E-state index is 0.0589. The zero-order chi connectivity index (χ0) is 24.2. The predicted octanol–water partition coefficient (Wildman–Crippen LogP) is 7.05. The minimum Gasteiger partial charge on any atom is -0.405 e. The van der Waals surface area contributed by atoms with Crippen molar-refractivity contribution < 1.29 is 27.2 Å². The Morgan fingerprint density at radius 1 is 1.11 bits per heavy atom. The van der Waals surface area contributed by atoms with Gasteiger partial charge in [-0.3, -0.25) is 0 Å². The Morgan fingerprint density at radius 2 is 1.86 bits per heavy atom. The molecule has 3 fully saturated rings. The lowest BCUT2D eigenvalue weighted by Crippen LogP contribution is -2.45. The van der Waals surface area contributed by atoms with Crippen molar-refractivity contribution in [1.82, 2.24) is 10.1 Å². The molecule has 11 heteroatoms. The SMILES string of the molecule is FC(F)(F)Oc1ccccc1-c1noc(C2CC2)c1COC1CC2CCC(C1)N2c1nc(Br)cs1. The van der Waals surface area contributed by atoms with Crippen molar-refractivity contribution in [1.29, 1.82) is 0 Å². The van der Waals surface area contributed by atoms with Crippen LogP contribution in [0.4, 0.5) is 18.3 Å². The highest BCUT2D eigenvalue weighted by Crippen LogP contribution is 2.46. The molecule has 0 spiro atoms. The largest absolute Gasteiger partial charge is 0.573 e. The van der Waals surface area contributed by atoms with Crippen molar-refractivity contribution in [2.75, 3.05) is 4.90 Å². The topological polar surface area (TPSA) is 60.6 Å². The Bertz CT molecular complexity index is 1200. The van der Waals surface area contributed by atoms with Gasteiger partial charge in [-0.15, -0.1) is 24.5 Å². The van der Waals surface area contributed by atoms with E-state index >= 15 is 0 Å². The Hall–Kier alpha value is -2.11. The van der Waals surface area contributed by atoms with Gasteiger partial charge in [-0.05, 0) is 66.6 Å². The van der Waals surface area contributed by atoms with Crippen LogP contribution in [0.2, 0.25) is 0 Å². The molecule has 2 atom stereocenters. The third-order valence-corrected chi connectivity index (χ3v) is 8.54. The first-order valence-electron chi connectivity index (χ1n) is 11.7. The summed E-state index contributed by atoms with van der Waals surface area (Å²) in [4.78, 5) is 7.04. The number of anilines is 1. The van der Waals surface area contributed by atoms with E-state index in [-0.39, 0.29) is 29.9 Å².